The van der Waals surface area contributed by atoms with Crippen LogP contribution in [0.3, 0.4) is 0 Å². The minimum absolute atomic E-state index is 0.141. The van der Waals surface area contributed by atoms with Crippen LogP contribution >= 0.6 is 11.3 Å². The van der Waals surface area contributed by atoms with Gasteiger partial charge in [0.15, 0.2) is 5.13 Å². The molecule has 6 nitrogen and oxygen atoms in total. The van der Waals surface area contributed by atoms with E-state index in [0.717, 1.165) is 49.6 Å². The predicted molar refractivity (Wildman–Crippen MR) is 95.9 cm³/mol. The summed E-state index contributed by atoms with van der Waals surface area (Å²) in [7, 11) is 0. The first kappa shape index (κ1) is 16.7. The van der Waals surface area contributed by atoms with Gasteiger partial charge in [0, 0.05) is 48.0 Å². The molecule has 0 atom stereocenters. The number of aromatic amines is 1. The SMILES string of the molecule is CCCc1cc(C(=O)NC2CCN(c3nccs3)CC2)cc(=O)[nH]1. The van der Waals surface area contributed by atoms with Gasteiger partial charge in [0.1, 0.15) is 0 Å². The van der Waals surface area contributed by atoms with Crippen molar-refractivity contribution in [3.8, 4) is 0 Å². The molecule has 0 saturated carbocycles. The molecule has 7 heteroatoms. The summed E-state index contributed by atoms with van der Waals surface area (Å²) in [5, 5.41) is 6.08. The van der Waals surface area contributed by atoms with E-state index in [1.165, 1.54) is 6.07 Å². The number of rotatable bonds is 5. The topological polar surface area (TPSA) is 78.1 Å². The van der Waals surface area contributed by atoms with Gasteiger partial charge in [-0.3, -0.25) is 9.59 Å². The molecule has 1 aliphatic rings. The summed E-state index contributed by atoms with van der Waals surface area (Å²) in [5.74, 6) is -0.161. The Hall–Kier alpha value is -2.15. The highest BCUT2D eigenvalue weighted by molar-refractivity contribution is 7.13. The van der Waals surface area contributed by atoms with Crippen molar-refractivity contribution in [3.05, 3.63) is 45.3 Å². The van der Waals surface area contributed by atoms with E-state index in [2.05, 4.69) is 20.2 Å². The van der Waals surface area contributed by atoms with Crippen LogP contribution in [-0.4, -0.2) is 35.0 Å². The molecule has 0 aromatic carbocycles. The number of pyridine rings is 1. The van der Waals surface area contributed by atoms with Crippen LogP contribution in [0.15, 0.2) is 28.5 Å². The van der Waals surface area contributed by atoms with Crippen LogP contribution in [0.25, 0.3) is 0 Å². The van der Waals surface area contributed by atoms with Gasteiger partial charge in [0.05, 0.1) is 0 Å². The summed E-state index contributed by atoms with van der Waals surface area (Å²) in [6, 6.07) is 3.30. The van der Waals surface area contributed by atoms with Crippen LogP contribution in [0.5, 0.6) is 0 Å². The molecule has 0 bridgehead atoms. The summed E-state index contributed by atoms with van der Waals surface area (Å²) in [4.78, 5) is 33.5. The van der Waals surface area contributed by atoms with E-state index in [4.69, 9.17) is 0 Å². The number of carbonyl (C=O) groups excluding carboxylic acids is 1. The molecule has 1 saturated heterocycles. The van der Waals surface area contributed by atoms with Crippen molar-refractivity contribution in [2.24, 2.45) is 0 Å². The maximum absolute atomic E-state index is 12.4. The van der Waals surface area contributed by atoms with Crippen molar-refractivity contribution >= 4 is 22.4 Å². The monoisotopic (exact) mass is 346 g/mol. The van der Waals surface area contributed by atoms with Crippen LogP contribution in [-0.2, 0) is 6.42 Å². The molecule has 3 heterocycles. The number of aryl methyl sites for hydroxylation is 1. The Morgan fingerprint density at radius 1 is 1.42 bits per heavy atom. The van der Waals surface area contributed by atoms with Gasteiger partial charge in [0.2, 0.25) is 5.56 Å². The minimum atomic E-state index is -0.218. The second-order valence-corrected chi connectivity index (χ2v) is 6.93. The summed E-state index contributed by atoms with van der Waals surface area (Å²) in [5.41, 5.74) is 1.04. The van der Waals surface area contributed by atoms with Crippen molar-refractivity contribution < 1.29 is 4.79 Å². The standard InChI is InChI=1S/C17H22N4O2S/c1-2-3-14-10-12(11-15(22)19-14)16(23)20-13-4-7-21(8-5-13)17-18-6-9-24-17/h6,9-11,13H,2-5,7-8H2,1H3,(H,19,22)(H,20,23). The molecule has 24 heavy (non-hydrogen) atoms. The Kier molecular flexibility index (Phi) is 5.30. The lowest BCUT2D eigenvalue weighted by molar-refractivity contribution is 0.0930. The molecular formula is C17H22N4O2S. The molecule has 128 valence electrons. The van der Waals surface area contributed by atoms with Gasteiger partial charge in [-0.2, -0.15) is 0 Å². The van der Waals surface area contributed by atoms with Gasteiger partial charge < -0.3 is 15.2 Å². The van der Waals surface area contributed by atoms with Crippen LogP contribution in [0.4, 0.5) is 5.13 Å². The first-order chi connectivity index (χ1) is 11.7. The highest BCUT2D eigenvalue weighted by atomic mass is 32.1. The molecular weight excluding hydrogens is 324 g/mol. The smallest absolute Gasteiger partial charge is 0.251 e. The van der Waals surface area contributed by atoms with Crippen molar-refractivity contribution in [1.29, 1.82) is 0 Å². The summed E-state index contributed by atoms with van der Waals surface area (Å²) in [6.07, 6.45) is 5.28. The van der Waals surface area contributed by atoms with E-state index in [0.29, 0.717) is 5.56 Å². The third-order valence-corrected chi connectivity index (χ3v) is 5.03. The fourth-order valence-corrected chi connectivity index (χ4v) is 3.69. The van der Waals surface area contributed by atoms with Gasteiger partial charge in [-0.25, -0.2) is 4.98 Å². The number of piperidine rings is 1. The third kappa shape index (κ3) is 4.03. The fraction of sp³-hybridized carbons (Fsp3) is 0.471. The number of amides is 1. The lowest BCUT2D eigenvalue weighted by Gasteiger charge is -2.32. The van der Waals surface area contributed by atoms with Crippen LogP contribution in [0, 0.1) is 0 Å². The molecule has 3 rings (SSSR count). The molecule has 0 aliphatic carbocycles. The average Bonchev–Trinajstić information content (AvgIpc) is 3.10. The van der Waals surface area contributed by atoms with E-state index < -0.39 is 0 Å². The second-order valence-electron chi connectivity index (χ2n) is 6.06. The first-order valence-corrected chi connectivity index (χ1v) is 9.22. The minimum Gasteiger partial charge on any atom is -0.349 e. The zero-order valence-corrected chi connectivity index (χ0v) is 14.6. The van der Waals surface area contributed by atoms with E-state index in [-0.39, 0.29) is 17.5 Å². The molecule has 1 amide bonds. The number of H-pyrrole nitrogens is 1. The summed E-state index contributed by atoms with van der Waals surface area (Å²) in [6.45, 7) is 3.81. The highest BCUT2D eigenvalue weighted by Crippen LogP contribution is 2.22. The number of anilines is 1. The number of thiazole rings is 1. The molecule has 1 aliphatic heterocycles. The van der Waals surface area contributed by atoms with Crippen molar-refractivity contribution in [2.45, 2.75) is 38.6 Å². The molecule has 0 spiro atoms. The van der Waals surface area contributed by atoms with Gasteiger partial charge in [-0.15, -0.1) is 11.3 Å². The van der Waals surface area contributed by atoms with Crippen LogP contribution in [0.1, 0.15) is 42.2 Å². The number of hydrogen-bond acceptors (Lipinski definition) is 5. The predicted octanol–water partition coefficient (Wildman–Crippen LogP) is 2.18. The Balaban J connectivity index is 1.59. The Labute approximate surface area is 144 Å². The highest BCUT2D eigenvalue weighted by Gasteiger charge is 2.22. The molecule has 2 aromatic heterocycles. The molecule has 1 fully saturated rings. The van der Waals surface area contributed by atoms with Crippen molar-refractivity contribution in [2.75, 3.05) is 18.0 Å². The van der Waals surface area contributed by atoms with E-state index in [1.54, 1.807) is 17.4 Å². The maximum atomic E-state index is 12.4. The molecule has 0 unspecified atom stereocenters. The number of carbonyl (C=O) groups is 1. The van der Waals surface area contributed by atoms with Gasteiger partial charge >= 0.3 is 0 Å². The molecule has 2 aromatic rings. The van der Waals surface area contributed by atoms with E-state index in [9.17, 15) is 9.59 Å². The zero-order chi connectivity index (χ0) is 16.9. The van der Waals surface area contributed by atoms with Crippen molar-refractivity contribution in [1.82, 2.24) is 15.3 Å². The Bertz CT molecular complexity index is 733. The van der Waals surface area contributed by atoms with Crippen LogP contribution in [0.2, 0.25) is 0 Å². The van der Waals surface area contributed by atoms with Crippen LogP contribution < -0.4 is 15.8 Å². The third-order valence-electron chi connectivity index (χ3n) is 4.20. The Morgan fingerprint density at radius 3 is 2.88 bits per heavy atom. The quantitative estimate of drug-likeness (QED) is 0.870. The summed E-state index contributed by atoms with van der Waals surface area (Å²) < 4.78 is 0. The number of hydrogen-bond donors (Lipinski definition) is 2. The fourth-order valence-electron chi connectivity index (χ4n) is 2.99. The number of nitrogens with one attached hydrogen (secondary N) is 2. The lowest BCUT2D eigenvalue weighted by Crippen LogP contribution is -2.44. The number of nitrogens with zero attached hydrogens (tertiary/aromatic N) is 2. The van der Waals surface area contributed by atoms with E-state index in [1.807, 2.05) is 18.5 Å². The normalized spacial score (nSPS) is 15.5. The van der Waals surface area contributed by atoms with Gasteiger partial charge in [-0.1, -0.05) is 13.3 Å². The second kappa shape index (κ2) is 7.61. The first-order valence-electron chi connectivity index (χ1n) is 8.34. The van der Waals surface area contributed by atoms with Crippen molar-refractivity contribution in [3.63, 3.8) is 0 Å². The maximum Gasteiger partial charge on any atom is 0.251 e. The number of aromatic nitrogens is 2. The van der Waals surface area contributed by atoms with Gasteiger partial charge in [0.25, 0.3) is 5.91 Å². The van der Waals surface area contributed by atoms with Gasteiger partial charge in [-0.05, 0) is 25.3 Å². The van der Waals surface area contributed by atoms with E-state index >= 15 is 0 Å². The molecule has 0 radical (unpaired) electrons. The average molecular weight is 346 g/mol. The lowest BCUT2D eigenvalue weighted by atomic mass is 10.0. The Morgan fingerprint density at radius 2 is 2.21 bits per heavy atom. The molecule has 2 N–H and O–H groups in total. The zero-order valence-electron chi connectivity index (χ0n) is 13.7. The summed E-state index contributed by atoms with van der Waals surface area (Å²) >= 11 is 1.64. The largest absolute Gasteiger partial charge is 0.349 e.